The number of ketones is 1. The zero-order valence-electron chi connectivity index (χ0n) is 5.64. The second-order valence-electron chi connectivity index (χ2n) is 1.79. The van der Waals surface area contributed by atoms with Crippen LogP contribution < -0.4 is 5.73 Å². The Labute approximate surface area is 54.3 Å². The highest BCUT2D eigenvalue weighted by Crippen LogP contribution is 1.87. The molecule has 0 aliphatic carbocycles. The minimum absolute atomic E-state index is 0.0162. The fraction of sp³-hybridized carbons (Fsp3) is 0.333. The van der Waals surface area contributed by atoms with Crippen LogP contribution in [0.1, 0.15) is 13.8 Å². The summed E-state index contributed by atoms with van der Waals surface area (Å²) < 4.78 is 0. The molecule has 0 radical (unpaired) electrons. The average Bonchev–Trinajstić information content (AvgIpc) is 1.63. The van der Waals surface area contributed by atoms with E-state index in [1.807, 2.05) is 0 Å². The molecule has 0 heterocycles. The highest BCUT2D eigenvalue weighted by molar-refractivity contribution is 6.37. The Morgan fingerprint density at radius 1 is 1.56 bits per heavy atom. The van der Waals surface area contributed by atoms with E-state index in [-0.39, 0.29) is 11.6 Å². The Morgan fingerprint density at radius 2 is 2.00 bits per heavy atom. The van der Waals surface area contributed by atoms with Crippen LogP contribution in [-0.2, 0) is 4.79 Å². The molecular formula is C6H10N2O. The van der Waals surface area contributed by atoms with Crippen LogP contribution in [0.3, 0.4) is 0 Å². The largest absolute Gasteiger partial charge is 0.381 e. The van der Waals surface area contributed by atoms with E-state index in [0.29, 0.717) is 5.70 Å². The van der Waals surface area contributed by atoms with Gasteiger partial charge < -0.3 is 5.73 Å². The van der Waals surface area contributed by atoms with Crippen molar-refractivity contribution in [1.82, 2.24) is 0 Å². The predicted octanol–water partition coefficient (Wildman–Crippen LogP) is 0.466. The molecule has 0 aliphatic heterocycles. The Hall–Kier alpha value is -1.12. The van der Waals surface area contributed by atoms with Crippen molar-refractivity contribution in [2.45, 2.75) is 13.8 Å². The smallest absolute Gasteiger partial charge is 0.194 e. The van der Waals surface area contributed by atoms with Crippen LogP contribution in [0.2, 0.25) is 0 Å². The lowest BCUT2D eigenvalue weighted by Crippen LogP contribution is -2.20. The molecule has 3 nitrogen and oxygen atoms in total. The highest BCUT2D eigenvalue weighted by Gasteiger charge is 1.96. The van der Waals surface area contributed by atoms with Crippen molar-refractivity contribution in [3.8, 4) is 0 Å². The molecule has 0 aromatic heterocycles. The van der Waals surface area contributed by atoms with Crippen molar-refractivity contribution in [1.29, 1.82) is 0 Å². The van der Waals surface area contributed by atoms with Crippen LogP contribution in [0.4, 0.5) is 0 Å². The van der Waals surface area contributed by atoms with Crippen molar-refractivity contribution >= 4 is 11.6 Å². The molecule has 0 bridgehead atoms. The standard InChI is InChI=1S/C6H10N2O/c1-4(2)8-6(7)5(3)9/h1H2,2-3H3,(H2,7,8). The van der Waals surface area contributed by atoms with Gasteiger partial charge in [-0.25, -0.2) is 4.99 Å². The van der Waals surface area contributed by atoms with E-state index in [4.69, 9.17) is 5.73 Å². The number of allylic oxidation sites excluding steroid dienone is 1. The summed E-state index contributed by atoms with van der Waals surface area (Å²) >= 11 is 0. The van der Waals surface area contributed by atoms with E-state index in [1.54, 1.807) is 6.92 Å². The third-order valence-corrected chi connectivity index (χ3v) is 0.672. The number of Topliss-reactive ketones (excluding diaryl/α,β-unsaturated/α-hetero) is 1. The fourth-order valence-corrected chi connectivity index (χ4v) is 0.284. The molecule has 0 fully saturated rings. The van der Waals surface area contributed by atoms with Crippen LogP contribution in [0.25, 0.3) is 0 Å². The van der Waals surface area contributed by atoms with Gasteiger partial charge in [0.2, 0.25) is 0 Å². The second-order valence-corrected chi connectivity index (χ2v) is 1.79. The summed E-state index contributed by atoms with van der Waals surface area (Å²) in [5.41, 5.74) is 5.70. The van der Waals surface area contributed by atoms with E-state index in [9.17, 15) is 4.79 Å². The first-order valence-corrected chi connectivity index (χ1v) is 2.54. The summed E-state index contributed by atoms with van der Waals surface area (Å²) in [7, 11) is 0. The van der Waals surface area contributed by atoms with Crippen LogP contribution >= 0.6 is 0 Å². The minimum Gasteiger partial charge on any atom is -0.381 e. The lowest BCUT2D eigenvalue weighted by atomic mass is 10.4. The lowest BCUT2D eigenvalue weighted by molar-refractivity contribution is -0.111. The number of hydrogen-bond donors (Lipinski definition) is 1. The summed E-state index contributed by atoms with van der Waals surface area (Å²) in [5.74, 6) is -0.208. The van der Waals surface area contributed by atoms with Crippen molar-refractivity contribution in [3.05, 3.63) is 12.3 Å². The van der Waals surface area contributed by atoms with Crippen molar-refractivity contribution in [2.75, 3.05) is 0 Å². The first-order chi connectivity index (χ1) is 4.04. The van der Waals surface area contributed by atoms with Gasteiger partial charge in [-0.1, -0.05) is 6.58 Å². The van der Waals surface area contributed by atoms with Crippen LogP contribution in [-0.4, -0.2) is 11.6 Å². The fourth-order valence-electron chi connectivity index (χ4n) is 0.284. The monoisotopic (exact) mass is 126 g/mol. The summed E-state index contributed by atoms with van der Waals surface area (Å²) in [5, 5.41) is 0. The summed E-state index contributed by atoms with van der Waals surface area (Å²) in [6.07, 6.45) is 0. The molecule has 0 amide bonds. The van der Waals surface area contributed by atoms with E-state index in [0.717, 1.165) is 0 Å². The number of carbonyl (C=O) groups is 1. The molecule has 0 atom stereocenters. The van der Waals surface area contributed by atoms with Crippen molar-refractivity contribution in [2.24, 2.45) is 10.7 Å². The summed E-state index contributed by atoms with van der Waals surface area (Å²) in [4.78, 5) is 14.0. The predicted molar refractivity (Wildman–Crippen MR) is 37.1 cm³/mol. The number of carbonyl (C=O) groups excluding carboxylic acids is 1. The quantitative estimate of drug-likeness (QED) is 0.432. The molecule has 0 rings (SSSR count). The van der Waals surface area contributed by atoms with E-state index < -0.39 is 0 Å². The number of nitrogens with zero attached hydrogens (tertiary/aromatic N) is 1. The van der Waals surface area contributed by atoms with Gasteiger partial charge in [0.15, 0.2) is 11.6 Å². The first-order valence-electron chi connectivity index (χ1n) is 2.54. The molecule has 0 aromatic carbocycles. The van der Waals surface area contributed by atoms with E-state index in [2.05, 4.69) is 11.6 Å². The zero-order chi connectivity index (χ0) is 7.44. The van der Waals surface area contributed by atoms with Gasteiger partial charge >= 0.3 is 0 Å². The van der Waals surface area contributed by atoms with Gasteiger partial charge in [-0.2, -0.15) is 0 Å². The maximum absolute atomic E-state index is 10.4. The maximum Gasteiger partial charge on any atom is 0.194 e. The highest BCUT2D eigenvalue weighted by atomic mass is 16.1. The molecule has 0 spiro atoms. The van der Waals surface area contributed by atoms with Crippen LogP contribution in [0.15, 0.2) is 17.3 Å². The Bertz CT molecular complexity index is 170. The molecule has 2 N–H and O–H groups in total. The third-order valence-electron chi connectivity index (χ3n) is 0.672. The van der Waals surface area contributed by atoms with Gasteiger partial charge in [-0.15, -0.1) is 0 Å². The topological polar surface area (TPSA) is 55.4 Å². The molecule has 0 saturated heterocycles. The zero-order valence-corrected chi connectivity index (χ0v) is 5.64. The maximum atomic E-state index is 10.4. The van der Waals surface area contributed by atoms with Gasteiger partial charge in [-0.05, 0) is 6.92 Å². The van der Waals surface area contributed by atoms with Crippen molar-refractivity contribution < 1.29 is 4.79 Å². The van der Waals surface area contributed by atoms with Crippen LogP contribution in [0, 0.1) is 0 Å². The van der Waals surface area contributed by atoms with E-state index in [1.165, 1.54) is 6.92 Å². The molecular weight excluding hydrogens is 116 g/mol. The van der Waals surface area contributed by atoms with Gasteiger partial charge in [-0.3, -0.25) is 4.79 Å². The number of rotatable bonds is 2. The molecule has 0 aromatic rings. The van der Waals surface area contributed by atoms with Gasteiger partial charge in [0, 0.05) is 12.6 Å². The van der Waals surface area contributed by atoms with E-state index >= 15 is 0 Å². The normalized spacial score (nSPS) is 11.1. The lowest BCUT2D eigenvalue weighted by Gasteiger charge is -1.91. The minimum atomic E-state index is -0.224. The molecule has 0 aliphatic rings. The second kappa shape index (κ2) is 3.02. The number of amidine groups is 1. The summed E-state index contributed by atoms with van der Waals surface area (Å²) in [6, 6.07) is 0. The Balaban J connectivity index is 4.17. The summed E-state index contributed by atoms with van der Waals surface area (Å²) in [6.45, 7) is 6.50. The Kier molecular flexibility index (Phi) is 2.64. The first kappa shape index (κ1) is 7.88. The van der Waals surface area contributed by atoms with Crippen molar-refractivity contribution in [3.63, 3.8) is 0 Å². The van der Waals surface area contributed by atoms with Gasteiger partial charge in [0.25, 0.3) is 0 Å². The molecule has 0 unspecified atom stereocenters. The van der Waals surface area contributed by atoms with Gasteiger partial charge in [0.05, 0.1) is 0 Å². The van der Waals surface area contributed by atoms with Gasteiger partial charge in [0.1, 0.15) is 0 Å². The SMILES string of the molecule is C=C(C)N=C(N)C(C)=O. The molecule has 0 saturated carbocycles. The number of hydrogen-bond acceptors (Lipinski definition) is 2. The molecule has 9 heavy (non-hydrogen) atoms. The average molecular weight is 126 g/mol. The number of nitrogens with two attached hydrogens (primary N) is 1. The number of aliphatic imine (C=N–C) groups is 1. The third kappa shape index (κ3) is 3.46. The van der Waals surface area contributed by atoms with Crippen LogP contribution in [0.5, 0.6) is 0 Å². The molecule has 50 valence electrons. The molecule has 3 heteroatoms. The Morgan fingerprint density at radius 3 is 2.11 bits per heavy atom.